The predicted octanol–water partition coefficient (Wildman–Crippen LogP) is 6.04. The Morgan fingerprint density at radius 3 is 2.04 bits per heavy atom. The van der Waals surface area contributed by atoms with Crippen molar-refractivity contribution in [3.05, 3.63) is 84.4 Å². The second-order valence-corrected chi connectivity index (χ2v) is 6.29. The summed E-state index contributed by atoms with van der Waals surface area (Å²) in [6.07, 6.45) is 1.90. The van der Waals surface area contributed by atoms with Crippen LogP contribution in [0.3, 0.4) is 0 Å². The fourth-order valence-corrected chi connectivity index (χ4v) is 3.55. The number of benzene rings is 5. The lowest BCUT2D eigenvalue weighted by Gasteiger charge is -2.12. The topological polar surface area (TPSA) is 32.6 Å². The van der Waals surface area contributed by atoms with Crippen molar-refractivity contribution in [1.29, 1.82) is 0 Å². The molecule has 0 aromatic heterocycles. The number of rotatable bonds is 2. The summed E-state index contributed by atoms with van der Waals surface area (Å²) in [7, 11) is 0. The molecule has 0 aliphatic carbocycles. The molecule has 0 radical (unpaired) electrons. The lowest BCUT2D eigenvalue weighted by molar-refractivity contribution is 0.475. The summed E-state index contributed by atoms with van der Waals surface area (Å²) in [4.78, 5) is 4.56. The molecule has 1 N–H and O–H groups in total. The van der Waals surface area contributed by atoms with Gasteiger partial charge in [0.2, 0.25) is 0 Å². The molecule has 5 rings (SSSR count). The first-order valence-corrected chi connectivity index (χ1v) is 8.29. The van der Waals surface area contributed by atoms with Gasteiger partial charge < -0.3 is 5.11 Å². The minimum absolute atomic E-state index is 0.252. The highest BCUT2D eigenvalue weighted by Gasteiger charge is 2.09. The predicted molar refractivity (Wildman–Crippen MR) is 106 cm³/mol. The number of aliphatic imine (C=N–C) groups is 1. The third kappa shape index (κ3) is 2.23. The van der Waals surface area contributed by atoms with Crippen molar-refractivity contribution >= 4 is 44.2 Å². The second-order valence-electron chi connectivity index (χ2n) is 6.29. The molecule has 0 aliphatic heterocycles. The highest BCUT2D eigenvalue weighted by molar-refractivity contribution is 6.25. The summed E-state index contributed by atoms with van der Waals surface area (Å²) in [6, 6.07) is 26.4. The zero-order valence-electron chi connectivity index (χ0n) is 13.5. The minimum Gasteiger partial charge on any atom is -0.508 e. The first kappa shape index (κ1) is 14.0. The highest BCUT2D eigenvalue weighted by atomic mass is 16.3. The third-order valence-electron chi connectivity index (χ3n) is 4.76. The molecule has 0 spiro atoms. The molecule has 0 amide bonds. The van der Waals surface area contributed by atoms with Gasteiger partial charge in [-0.25, -0.2) is 0 Å². The van der Waals surface area contributed by atoms with E-state index in [1.165, 1.54) is 32.3 Å². The van der Waals surface area contributed by atoms with Crippen LogP contribution in [0.5, 0.6) is 5.75 Å². The van der Waals surface area contributed by atoms with Crippen LogP contribution in [0, 0.1) is 0 Å². The molecule has 0 unspecified atom stereocenters. The summed E-state index contributed by atoms with van der Waals surface area (Å²) in [6.45, 7) is 0. The van der Waals surface area contributed by atoms with E-state index in [0.717, 1.165) is 11.3 Å². The fourth-order valence-electron chi connectivity index (χ4n) is 3.55. The van der Waals surface area contributed by atoms with Gasteiger partial charge in [0.1, 0.15) is 5.75 Å². The van der Waals surface area contributed by atoms with Crippen LogP contribution in [0.1, 0.15) is 5.56 Å². The maximum atomic E-state index is 9.39. The Morgan fingerprint density at radius 2 is 1.28 bits per heavy atom. The van der Waals surface area contributed by atoms with E-state index in [1.54, 1.807) is 12.1 Å². The molecule has 25 heavy (non-hydrogen) atoms. The van der Waals surface area contributed by atoms with Gasteiger partial charge >= 0.3 is 0 Å². The molecule has 0 saturated heterocycles. The van der Waals surface area contributed by atoms with Crippen molar-refractivity contribution in [2.24, 2.45) is 4.99 Å². The smallest absolute Gasteiger partial charge is 0.115 e. The van der Waals surface area contributed by atoms with Crippen molar-refractivity contribution in [3.63, 3.8) is 0 Å². The fraction of sp³-hybridized carbons (Fsp3) is 0. The lowest BCUT2D eigenvalue weighted by atomic mass is 9.92. The van der Waals surface area contributed by atoms with Crippen molar-refractivity contribution < 1.29 is 5.11 Å². The van der Waals surface area contributed by atoms with Crippen molar-refractivity contribution in [2.45, 2.75) is 0 Å². The SMILES string of the molecule is Oc1ccc(N=Cc2ccc3ccc4cccc5ccc2c3c45)cc1. The molecule has 5 aromatic rings. The zero-order valence-corrected chi connectivity index (χ0v) is 13.5. The van der Waals surface area contributed by atoms with Crippen LogP contribution in [-0.4, -0.2) is 11.3 Å². The van der Waals surface area contributed by atoms with Gasteiger partial charge in [-0.05, 0) is 56.6 Å². The first-order chi connectivity index (χ1) is 12.3. The van der Waals surface area contributed by atoms with Crippen molar-refractivity contribution in [3.8, 4) is 5.75 Å². The average molecular weight is 321 g/mol. The molecule has 0 aliphatic rings. The molecule has 0 fully saturated rings. The third-order valence-corrected chi connectivity index (χ3v) is 4.76. The van der Waals surface area contributed by atoms with E-state index in [2.05, 4.69) is 59.6 Å². The van der Waals surface area contributed by atoms with E-state index in [0.29, 0.717) is 0 Å². The molecular weight excluding hydrogens is 306 g/mol. The Bertz CT molecular complexity index is 1220. The molecule has 0 heterocycles. The highest BCUT2D eigenvalue weighted by Crippen LogP contribution is 2.35. The molecule has 118 valence electrons. The van der Waals surface area contributed by atoms with Gasteiger partial charge in [0.15, 0.2) is 0 Å². The minimum atomic E-state index is 0.252. The maximum absolute atomic E-state index is 9.39. The normalized spacial score (nSPS) is 12.0. The number of aromatic hydroxyl groups is 1. The van der Waals surface area contributed by atoms with Gasteiger partial charge in [-0.3, -0.25) is 4.99 Å². The molecule has 2 heteroatoms. The van der Waals surface area contributed by atoms with Crippen LogP contribution < -0.4 is 0 Å². The summed E-state index contributed by atoms with van der Waals surface area (Å²) in [5.74, 6) is 0.252. The second kappa shape index (κ2) is 5.32. The monoisotopic (exact) mass is 321 g/mol. The number of phenols is 1. The maximum Gasteiger partial charge on any atom is 0.115 e. The number of nitrogens with zero attached hydrogens (tertiary/aromatic N) is 1. The van der Waals surface area contributed by atoms with Crippen LogP contribution >= 0.6 is 0 Å². The van der Waals surface area contributed by atoms with Gasteiger partial charge in [0.25, 0.3) is 0 Å². The summed E-state index contributed by atoms with van der Waals surface area (Å²) < 4.78 is 0. The van der Waals surface area contributed by atoms with Crippen molar-refractivity contribution in [1.82, 2.24) is 0 Å². The Labute approximate surface area is 145 Å². The van der Waals surface area contributed by atoms with Crippen molar-refractivity contribution in [2.75, 3.05) is 0 Å². The lowest BCUT2D eigenvalue weighted by Crippen LogP contribution is -1.88. The van der Waals surface area contributed by atoms with Gasteiger partial charge in [0, 0.05) is 11.8 Å². The van der Waals surface area contributed by atoms with Gasteiger partial charge in [-0.15, -0.1) is 0 Å². The molecule has 0 atom stereocenters. The van der Waals surface area contributed by atoms with E-state index in [1.807, 2.05) is 18.3 Å². The Balaban J connectivity index is 1.74. The Hall–Kier alpha value is -3.39. The quantitative estimate of drug-likeness (QED) is 0.312. The molecule has 5 aromatic carbocycles. The van der Waals surface area contributed by atoms with Gasteiger partial charge in [-0.1, -0.05) is 54.6 Å². The van der Waals surface area contributed by atoms with Gasteiger partial charge in [-0.2, -0.15) is 0 Å². The van der Waals surface area contributed by atoms with E-state index in [-0.39, 0.29) is 5.75 Å². The standard InChI is InChI=1S/C23H15NO/c25-20-11-9-19(10-12-20)24-14-18-7-6-17-5-4-15-2-1-3-16-8-13-21(18)23(17)22(15)16/h1-14,25H. The van der Waals surface area contributed by atoms with Gasteiger partial charge in [0.05, 0.1) is 5.69 Å². The number of hydrogen-bond donors (Lipinski definition) is 1. The molecule has 2 nitrogen and oxygen atoms in total. The Kier molecular flexibility index (Phi) is 2.98. The summed E-state index contributed by atoms with van der Waals surface area (Å²) in [5.41, 5.74) is 1.92. The zero-order chi connectivity index (χ0) is 16.8. The average Bonchev–Trinajstić information content (AvgIpc) is 2.66. The van der Waals surface area contributed by atoms with Crippen LogP contribution in [0.25, 0.3) is 32.3 Å². The van der Waals surface area contributed by atoms with Crippen LogP contribution in [0.15, 0.2) is 83.9 Å². The largest absolute Gasteiger partial charge is 0.508 e. The number of phenolic OH excluding ortho intramolecular Hbond substituents is 1. The van der Waals surface area contributed by atoms with E-state index in [9.17, 15) is 5.11 Å². The summed E-state index contributed by atoms with van der Waals surface area (Å²) in [5, 5.41) is 17.0. The Morgan fingerprint density at radius 1 is 0.640 bits per heavy atom. The molecule has 0 bridgehead atoms. The number of hydrogen-bond acceptors (Lipinski definition) is 2. The molecule has 0 saturated carbocycles. The molecular formula is C23H15NO. The summed E-state index contributed by atoms with van der Waals surface area (Å²) >= 11 is 0. The van der Waals surface area contributed by atoms with Crippen LogP contribution in [0.2, 0.25) is 0 Å². The van der Waals surface area contributed by atoms with Crippen LogP contribution in [-0.2, 0) is 0 Å². The van der Waals surface area contributed by atoms with E-state index < -0.39 is 0 Å². The van der Waals surface area contributed by atoms with E-state index >= 15 is 0 Å². The van der Waals surface area contributed by atoms with Crippen LogP contribution in [0.4, 0.5) is 5.69 Å². The van der Waals surface area contributed by atoms with E-state index in [4.69, 9.17) is 0 Å². The first-order valence-electron chi connectivity index (χ1n) is 8.29.